The molecule has 0 aliphatic heterocycles. The molecule has 0 saturated carbocycles. The van der Waals surface area contributed by atoms with Gasteiger partial charge in [0.15, 0.2) is 0 Å². The van der Waals surface area contributed by atoms with Crippen LogP contribution in [0.1, 0.15) is 13.8 Å². The maximum atomic E-state index is 5.51. The summed E-state index contributed by atoms with van der Waals surface area (Å²) in [5.74, 6) is 1.08. The summed E-state index contributed by atoms with van der Waals surface area (Å²) in [5.41, 5.74) is 5.69. The molecule has 0 aromatic carbocycles. The molecule has 1 rings (SSSR count). The van der Waals surface area contributed by atoms with E-state index in [1.807, 2.05) is 6.07 Å². The summed E-state index contributed by atoms with van der Waals surface area (Å²) < 4.78 is 0. The van der Waals surface area contributed by atoms with E-state index in [1.165, 1.54) is 0 Å². The Balaban J connectivity index is 2.50. The first-order valence-corrected chi connectivity index (χ1v) is 5.36. The van der Waals surface area contributed by atoms with Crippen molar-refractivity contribution in [3.8, 4) is 0 Å². The number of nitrogens with one attached hydrogen (secondary N) is 1. The van der Waals surface area contributed by atoms with Crippen molar-refractivity contribution in [2.75, 3.05) is 38.2 Å². The molecule has 0 amide bonds. The van der Waals surface area contributed by atoms with E-state index in [1.54, 1.807) is 6.20 Å². The summed E-state index contributed by atoms with van der Waals surface area (Å²) in [6, 6.07) is 1.82. The largest absolute Gasteiger partial charge is 0.369 e. The minimum Gasteiger partial charge on any atom is -0.369 e. The SMILES string of the molecule is CN(C)CC(C)(C)CNc1ccnc(N)n1. The van der Waals surface area contributed by atoms with Crippen LogP contribution in [0.2, 0.25) is 0 Å². The Labute approximate surface area is 97.1 Å². The molecule has 5 heteroatoms. The fourth-order valence-electron chi connectivity index (χ4n) is 1.71. The van der Waals surface area contributed by atoms with Crippen LogP contribution in [-0.2, 0) is 0 Å². The van der Waals surface area contributed by atoms with Crippen molar-refractivity contribution in [3.63, 3.8) is 0 Å². The predicted molar refractivity (Wildman–Crippen MR) is 67.3 cm³/mol. The Bertz CT molecular complexity index is 335. The van der Waals surface area contributed by atoms with Crippen LogP contribution in [0.4, 0.5) is 11.8 Å². The molecule has 1 aromatic heterocycles. The fraction of sp³-hybridized carbons (Fsp3) is 0.636. The first kappa shape index (κ1) is 12.7. The summed E-state index contributed by atoms with van der Waals surface area (Å²) >= 11 is 0. The molecule has 0 aliphatic rings. The van der Waals surface area contributed by atoms with Gasteiger partial charge in [-0.25, -0.2) is 4.98 Å². The van der Waals surface area contributed by atoms with Gasteiger partial charge in [-0.3, -0.25) is 0 Å². The molecule has 0 saturated heterocycles. The number of nitrogens with two attached hydrogens (primary N) is 1. The van der Waals surface area contributed by atoms with Crippen LogP contribution in [0.25, 0.3) is 0 Å². The molecular weight excluding hydrogens is 202 g/mol. The molecule has 16 heavy (non-hydrogen) atoms. The lowest BCUT2D eigenvalue weighted by Gasteiger charge is -2.28. The normalized spacial score (nSPS) is 11.8. The number of aromatic nitrogens is 2. The van der Waals surface area contributed by atoms with Gasteiger partial charge in [-0.1, -0.05) is 13.8 Å². The van der Waals surface area contributed by atoms with Crippen LogP contribution in [0, 0.1) is 5.41 Å². The molecule has 0 fully saturated rings. The van der Waals surface area contributed by atoms with Crippen molar-refractivity contribution in [3.05, 3.63) is 12.3 Å². The van der Waals surface area contributed by atoms with Gasteiger partial charge in [0.05, 0.1) is 0 Å². The molecule has 5 nitrogen and oxygen atoms in total. The highest BCUT2D eigenvalue weighted by Crippen LogP contribution is 2.16. The number of nitrogen functional groups attached to an aromatic ring is 1. The molecule has 0 bridgehead atoms. The van der Waals surface area contributed by atoms with Crippen LogP contribution in [0.3, 0.4) is 0 Å². The lowest BCUT2D eigenvalue weighted by atomic mass is 9.93. The van der Waals surface area contributed by atoms with Gasteiger partial charge in [-0.05, 0) is 25.6 Å². The van der Waals surface area contributed by atoms with Crippen LogP contribution in [0.5, 0.6) is 0 Å². The molecule has 90 valence electrons. The molecule has 0 aliphatic carbocycles. The number of anilines is 2. The van der Waals surface area contributed by atoms with E-state index < -0.39 is 0 Å². The second-order valence-electron chi connectivity index (χ2n) is 5.06. The van der Waals surface area contributed by atoms with Crippen molar-refractivity contribution < 1.29 is 0 Å². The number of hydrogen-bond donors (Lipinski definition) is 2. The molecule has 0 radical (unpaired) electrons. The highest BCUT2D eigenvalue weighted by atomic mass is 15.1. The highest BCUT2D eigenvalue weighted by molar-refractivity contribution is 5.37. The summed E-state index contributed by atoms with van der Waals surface area (Å²) in [5, 5.41) is 3.27. The molecule has 1 heterocycles. The van der Waals surface area contributed by atoms with Crippen molar-refractivity contribution >= 4 is 11.8 Å². The van der Waals surface area contributed by atoms with Gasteiger partial charge >= 0.3 is 0 Å². The molecule has 1 aromatic rings. The smallest absolute Gasteiger partial charge is 0.221 e. The van der Waals surface area contributed by atoms with Crippen molar-refractivity contribution in [2.45, 2.75) is 13.8 Å². The summed E-state index contributed by atoms with van der Waals surface area (Å²) in [6.45, 7) is 6.29. The predicted octanol–water partition coefficient (Wildman–Crippen LogP) is 1.06. The van der Waals surface area contributed by atoms with Crippen LogP contribution < -0.4 is 11.1 Å². The summed E-state index contributed by atoms with van der Waals surface area (Å²) in [6.07, 6.45) is 1.66. The van der Waals surface area contributed by atoms with Gasteiger partial charge < -0.3 is 16.0 Å². The molecule has 0 atom stereocenters. The minimum atomic E-state index is 0.184. The Morgan fingerprint density at radius 1 is 1.44 bits per heavy atom. The highest BCUT2D eigenvalue weighted by Gasteiger charge is 2.18. The van der Waals surface area contributed by atoms with E-state index in [4.69, 9.17) is 5.73 Å². The molecule has 0 spiro atoms. The van der Waals surface area contributed by atoms with E-state index in [2.05, 4.69) is 48.1 Å². The van der Waals surface area contributed by atoms with Crippen LogP contribution in [-0.4, -0.2) is 42.1 Å². The molecular formula is C11H21N5. The zero-order valence-corrected chi connectivity index (χ0v) is 10.5. The third-order valence-corrected chi connectivity index (χ3v) is 2.17. The number of nitrogens with zero attached hydrogens (tertiary/aromatic N) is 3. The van der Waals surface area contributed by atoms with Gasteiger partial charge in [0.1, 0.15) is 5.82 Å². The fourth-order valence-corrected chi connectivity index (χ4v) is 1.71. The lowest BCUT2D eigenvalue weighted by Crippen LogP contribution is -2.34. The Hall–Kier alpha value is -1.36. The topological polar surface area (TPSA) is 67.1 Å². The molecule has 3 N–H and O–H groups in total. The number of rotatable bonds is 5. The average Bonchev–Trinajstić information content (AvgIpc) is 2.13. The monoisotopic (exact) mass is 223 g/mol. The van der Waals surface area contributed by atoms with Crippen molar-refractivity contribution in [1.82, 2.24) is 14.9 Å². The van der Waals surface area contributed by atoms with Crippen LogP contribution in [0.15, 0.2) is 12.3 Å². The third kappa shape index (κ3) is 4.44. The quantitative estimate of drug-likeness (QED) is 0.781. The van der Waals surface area contributed by atoms with Crippen molar-refractivity contribution in [2.24, 2.45) is 5.41 Å². The van der Waals surface area contributed by atoms with E-state index in [0.29, 0.717) is 5.95 Å². The Morgan fingerprint density at radius 2 is 2.12 bits per heavy atom. The van der Waals surface area contributed by atoms with Gasteiger partial charge in [-0.2, -0.15) is 4.98 Å². The maximum Gasteiger partial charge on any atom is 0.221 e. The van der Waals surface area contributed by atoms with Crippen molar-refractivity contribution in [1.29, 1.82) is 0 Å². The van der Waals surface area contributed by atoms with E-state index in [-0.39, 0.29) is 5.41 Å². The van der Waals surface area contributed by atoms with Gasteiger partial charge in [0.2, 0.25) is 5.95 Å². The standard InChI is InChI=1S/C11H21N5/c1-11(2,8-16(3)4)7-14-9-5-6-13-10(12)15-9/h5-6H,7-8H2,1-4H3,(H3,12,13,14,15). The first-order valence-electron chi connectivity index (χ1n) is 5.36. The zero-order chi connectivity index (χ0) is 12.2. The van der Waals surface area contributed by atoms with Gasteiger partial charge in [-0.15, -0.1) is 0 Å². The average molecular weight is 223 g/mol. The van der Waals surface area contributed by atoms with E-state index in [0.717, 1.165) is 18.9 Å². The Morgan fingerprint density at radius 3 is 2.69 bits per heavy atom. The zero-order valence-electron chi connectivity index (χ0n) is 10.5. The first-order chi connectivity index (χ1) is 7.39. The second kappa shape index (κ2) is 5.12. The summed E-state index contributed by atoms with van der Waals surface area (Å²) in [4.78, 5) is 10.1. The minimum absolute atomic E-state index is 0.184. The second-order valence-corrected chi connectivity index (χ2v) is 5.06. The maximum absolute atomic E-state index is 5.51. The van der Waals surface area contributed by atoms with E-state index >= 15 is 0 Å². The summed E-state index contributed by atoms with van der Waals surface area (Å²) in [7, 11) is 4.15. The Kier molecular flexibility index (Phi) is 4.06. The van der Waals surface area contributed by atoms with Gasteiger partial charge in [0, 0.05) is 19.3 Å². The molecule has 0 unspecified atom stereocenters. The lowest BCUT2D eigenvalue weighted by molar-refractivity contribution is 0.254. The van der Waals surface area contributed by atoms with Gasteiger partial charge in [0.25, 0.3) is 0 Å². The van der Waals surface area contributed by atoms with E-state index in [9.17, 15) is 0 Å². The van der Waals surface area contributed by atoms with Crippen LogP contribution >= 0.6 is 0 Å². The number of hydrogen-bond acceptors (Lipinski definition) is 5. The third-order valence-electron chi connectivity index (χ3n) is 2.17.